The summed E-state index contributed by atoms with van der Waals surface area (Å²) in [5.41, 5.74) is 1.34. The minimum Gasteiger partial charge on any atom is -0.463 e. The Labute approximate surface area is 105 Å². The average molecular weight is 252 g/mol. The van der Waals surface area contributed by atoms with Crippen molar-refractivity contribution in [2.75, 3.05) is 19.0 Å². The van der Waals surface area contributed by atoms with Crippen LogP contribution in [0.2, 0.25) is 0 Å². The minimum absolute atomic E-state index is 0.0295. The van der Waals surface area contributed by atoms with Gasteiger partial charge in [0.1, 0.15) is 11.8 Å². The molecule has 0 radical (unpaired) electrons. The molecule has 0 aliphatic carbocycles. The van der Waals surface area contributed by atoms with Gasteiger partial charge in [-0.25, -0.2) is 0 Å². The standard InChI is InChI=1S/C13H14ClNO2/c1-2-15(8-7-14)13(16)11-9-17-12-6-4-3-5-10(11)12/h3-6,9H,2,7-8H2,1H3. The highest BCUT2D eigenvalue weighted by molar-refractivity contribution is 6.18. The van der Waals surface area contributed by atoms with Gasteiger partial charge in [0, 0.05) is 24.4 Å². The van der Waals surface area contributed by atoms with E-state index in [-0.39, 0.29) is 5.91 Å². The van der Waals surface area contributed by atoms with E-state index in [1.165, 1.54) is 6.26 Å². The van der Waals surface area contributed by atoms with E-state index < -0.39 is 0 Å². The fourth-order valence-electron chi connectivity index (χ4n) is 1.82. The summed E-state index contributed by atoms with van der Waals surface area (Å²) >= 11 is 5.68. The number of hydrogen-bond acceptors (Lipinski definition) is 2. The minimum atomic E-state index is -0.0295. The average Bonchev–Trinajstić information content (AvgIpc) is 2.79. The van der Waals surface area contributed by atoms with Gasteiger partial charge in [0.2, 0.25) is 0 Å². The Morgan fingerprint density at radius 2 is 2.18 bits per heavy atom. The lowest BCUT2D eigenvalue weighted by atomic mass is 10.1. The van der Waals surface area contributed by atoms with Crippen LogP contribution in [0.3, 0.4) is 0 Å². The van der Waals surface area contributed by atoms with Gasteiger partial charge < -0.3 is 9.32 Å². The van der Waals surface area contributed by atoms with Crippen LogP contribution in [0.15, 0.2) is 34.9 Å². The van der Waals surface area contributed by atoms with Crippen molar-refractivity contribution in [1.82, 2.24) is 4.90 Å². The highest BCUT2D eigenvalue weighted by Gasteiger charge is 2.18. The molecule has 4 heteroatoms. The molecule has 0 spiro atoms. The predicted molar refractivity (Wildman–Crippen MR) is 68.5 cm³/mol. The highest BCUT2D eigenvalue weighted by Crippen LogP contribution is 2.21. The molecule has 0 saturated heterocycles. The topological polar surface area (TPSA) is 33.5 Å². The fourth-order valence-corrected chi connectivity index (χ4v) is 2.02. The number of fused-ring (bicyclic) bond motifs is 1. The van der Waals surface area contributed by atoms with Crippen LogP contribution in [0.4, 0.5) is 0 Å². The molecule has 17 heavy (non-hydrogen) atoms. The largest absolute Gasteiger partial charge is 0.463 e. The second-order valence-corrected chi connectivity index (χ2v) is 4.10. The van der Waals surface area contributed by atoms with E-state index in [4.69, 9.17) is 16.0 Å². The second-order valence-electron chi connectivity index (χ2n) is 3.72. The molecule has 0 aliphatic rings. The number of nitrogens with zero attached hydrogens (tertiary/aromatic N) is 1. The molecule has 0 unspecified atom stereocenters. The molecular formula is C13H14ClNO2. The SMILES string of the molecule is CCN(CCCl)C(=O)c1coc2ccccc12. The molecule has 90 valence electrons. The van der Waals surface area contributed by atoms with Gasteiger partial charge in [-0.3, -0.25) is 4.79 Å². The first kappa shape index (κ1) is 12.0. The van der Waals surface area contributed by atoms with Crippen LogP contribution in [0, 0.1) is 0 Å². The summed E-state index contributed by atoms with van der Waals surface area (Å²) in [4.78, 5) is 14.0. The number of alkyl halides is 1. The van der Waals surface area contributed by atoms with E-state index in [9.17, 15) is 4.79 Å². The number of halogens is 1. The van der Waals surface area contributed by atoms with Crippen molar-refractivity contribution in [2.45, 2.75) is 6.92 Å². The maximum Gasteiger partial charge on any atom is 0.257 e. The number of carbonyl (C=O) groups excluding carboxylic acids is 1. The van der Waals surface area contributed by atoms with Crippen molar-refractivity contribution in [3.05, 3.63) is 36.1 Å². The molecular weight excluding hydrogens is 238 g/mol. The highest BCUT2D eigenvalue weighted by atomic mass is 35.5. The zero-order chi connectivity index (χ0) is 12.3. The molecule has 0 bridgehead atoms. The van der Waals surface area contributed by atoms with E-state index in [1.807, 2.05) is 31.2 Å². The lowest BCUT2D eigenvalue weighted by Crippen LogP contribution is -2.32. The summed E-state index contributed by atoms with van der Waals surface area (Å²) in [5, 5.41) is 0.852. The fraction of sp³-hybridized carbons (Fsp3) is 0.308. The van der Waals surface area contributed by atoms with E-state index in [0.717, 1.165) is 11.0 Å². The molecule has 1 aromatic carbocycles. The third-order valence-electron chi connectivity index (χ3n) is 2.73. The molecule has 0 N–H and O–H groups in total. The van der Waals surface area contributed by atoms with Crippen LogP contribution >= 0.6 is 11.6 Å². The first-order chi connectivity index (χ1) is 8.27. The van der Waals surface area contributed by atoms with Crippen LogP contribution in [-0.4, -0.2) is 29.8 Å². The molecule has 1 aromatic heterocycles. The van der Waals surface area contributed by atoms with Crippen molar-refractivity contribution in [3.63, 3.8) is 0 Å². The Bertz CT molecular complexity index is 521. The van der Waals surface area contributed by atoms with Gasteiger partial charge in [-0.05, 0) is 13.0 Å². The third-order valence-corrected chi connectivity index (χ3v) is 2.90. The maximum absolute atomic E-state index is 12.2. The molecule has 1 heterocycles. The predicted octanol–water partition coefficient (Wildman–Crippen LogP) is 3.13. The monoisotopic (exact) mass is 251 g/mol. The van der Waals surface area contributed by atoms with Crippen molar-refractivity contribution < 1.29 is 9.21 Å². The van der Waals surface area contributed by atoms with Gasteiger partial charge in [-0.15, -0.1) is 11.6 Å². The van der Waals surface area contributed by atoms with Crippen LogP contribution in [0.5, 0.6) is 0 Å². The van der Waals surface area contributed by atoms with Gasteiger partial charge in [-0.2, -0.15) is 0 Å². The van der Waals surface area contributed by atoms with E-state index >= 15 is 0 Å². The second kappa shape index (κ2) is 5.23. The Morgan fingerprint density at radius 3 is 2.88 bits per heavy atom. The summed E-state index contributed by atoms with van der Waals surface area (Å²) in [6, 6.07) is 7.52. The van der Waals surface area contributed by atoms with Crippen molar-refractivity contribution in [2.24, 2.45) is 0 Å². The van der Waals surface area contributed by atoms with Gasteiger partial charge in [0.25, 0.3) is 5.91 Å². The van der Waals surface area contributed by atoms with Gasteiger partial charge >= 0.3 is 0 Å². The Kier molecular flexibility index (Phi) is 3.69. The lowest BCUT2D eigenvalue weighted by molar-refractivity contribution is 0.0775. The number of benzene rings is 1. The van der Waals surface area contributed by atoms with E-state index in [2.05, 4.69) is 0 Å². The van der Waals surface area contributed by atoms with Crippen molar-refractivity contribution >= 4 is 28.5 Å². The molecule has 0 aliphatic heterocycles. The van der Waals surface area contributed by atoms with Crippen molar-refractivity contribution in [3.8, 4) is 0 Å². The summed E-state index contributed by atoms with van der Waals surface area (Å²) in [6.07, 6.45) is 1.52. The Morgan fingerprint density at radius 1 is 1.41 bits per heavy atom. The molecule has 2 rings (SSSR count). The first-order valence-electron chi connectivity index (χ1n) is 5.59. The Hall–Kier alpha value is -1.48. The zero-order valence-electron chi connectivity index (χ0n) is 9.65. The number of rotatable bonds is 4. The summed E-state index contributed by atoms with van der Waals surface area (Å²) in [6.45, 7) is 3.13. The summed E-state index contributed by atoms with van der Waals surface area (Å²) < 4.78 is 5.36. The third kappa shape index (κ3) is 2.29. The first-order valence-corrected chi connectivity index (χ1v) is 6.12. The molecule has 0 saturated carbocycles. The number of carbonyl (C=O) groups is 1. The van der Waals surface area contributed by atoms with Crippen LogP contribution in [0.25, 0.3) is 11.0 Å². The van der Waals surface area contributed by atoms with Crippen LogP contribution in [-0.2, 0) is 0 Å². The molecule has 0 fully saturated rings. The quantitative estimate of drug-likeness (QED) is 0.783. The number of hydrogen-bond donors (Lipinski definition) is 0. The number of para-hydroxylation sites is 1. The van der Waals surface area contributed by atoms with Gasteiger partial charge in [0.15, 0.2) is 0 Å². The smallest absolute Gasteiger partial charge is 0.257 e. The van der Waals surface area contributed by atoms with Crippen LogP contribution < -0.4 is 0 Å². The molecule has 2 aromatic rings. The van der Waals surface area contributed by atoms with E-state index in [0.29, 0.717) is 24.5 Å². The molecule has 0 atom stereocenters. The van der Waals surface area contributed by atoms with E-state index in [1.54, 1.807) is 4.90 Å². The summed E-state index contributed by atoms with van der Waals surface area (Å²) in [7, 11) is 0. The van der Waals surface area contributed by atoms with Gasteiger partial charge in [-0.1, -0.05) is 18.2 Å². The summed E-state index contributed by atoms with van der Waals surface area (Å²) in [5.74, 6) is 0.410. The molecule has 3 nitrogen and oxygen atoms in total. The number of amides is 1. The zero-order valence-corrected chi connectivity index (χ0v) is 10.4. The molecule has 1 amide bonds. The van der Waals surface area contributed by atoms with Crippen molar-refractivity contribution in [1.29, 1.82) is 0 Å². The van der Waals surface area contributed by atoms with Crippen LogP contribution in [0.1, 0.15) is 17.3 Å². The number of furan rings is 1. The Balaban J connectivity index is 2.36. The maximum atomic E-state index is 12.2. The normalized spacial score (nSPS) is 10.7. The lowest BCUT2D eigenvalue weighted by Gasteiger charge is -2.18. The van der Waals surface area contributed by atoms with Gasteiger partial charge in [0.05, 0.1) is 5.56 Å².